The van der Waals surface area contributed by atoms with Gasteiger partial charge >= 0.3 is 12.3 Å². The molecule has 1 N–H and O–H groups in total. The average Bonchev–Trinajstić information content (AvgIpc) is 2.63. The number of thioether (sulfide) groups is 1. The summed E-state index contributed by atoms with van der Waals surface area (Å²) in [7, 11) is 0. The quantitative estimate of drug-likeness (QED) is 0.377. The molecular weight excluding hydrogens is 403 g/mol. The number of alkyl halides is 3. The Morgan fingerprint density at radius 3 is 2.76 bits per heavy atom. The van der Waals surface area contributed by atoms with Crippen LogP contribution < -0.4 is 0 Å². The van der Waals surface area contributed by atoms with Crippen LogP contribution in [-0.2, 0) is 17.3 Å². The summed E-state index contributed by atoms with van der Waals surface area (Å²) in [6.07, 6.45) is -0.0385. The molecule has 0 atom stereocenters. The number of ether oxygens (including phenoxy) is 1. The lowest BCUT2D eigenvalue weighted by atomic mass is 10.1. The Labute approximate surface area is 173 Å². The molecule has 0 spiro atoms. The van der Waals surface area contributed by atoms with Crippen LogP contribution in [0.2, 0.25) is 0 Å². The van der Waals surface area contributed by atoms with E-state index in [2.05, 4.69) is 18.7 Å². The van der Waals surface area contributed by atoms with Gasteiger partial charge in [0.25, 0.3) is 0 Å². The first-order valence-electron chi connectivity index (χ1n) is 9.52. The molecule has 0 bridgehead atoms. The van der Waals surface area contributed by atoms with Gasteiger partial charge in [-0.15, -0.1) is 11.8 Å². The lowest BCUT2D eigenvalue weighted by Gasteiger charge is -2.30. The van der Waals surface area contributed by atoms with Crippen LogP contribution in [0.4, 0.5) is 18.0 Å². The molecule has 1 aliphatic heterocycles. The van der Waals surface area contributed by atoms with Crippen LogP contribution in [0.3, 0.4) is 0 Å². The Kier molecular flexibility index (Phi) is 8.49. The summed E-state index contributed by atoms with van der Waals surface area (Å²) in [5.74, 6) is 1.46. The zero-order valence-corrected chi connectivity index (χ0v) is 17.4. The highest BCUT2D eigenvalue weighted by Crippen LogP contribution is 2.31. The molecule has 160 valence electrons. The van der Waals surface area contributed by atoms with Crippen LogP contribution in [0.5, 0.6) is 0 Å². The van der Waals surface area contributed by atoms with Gasteiger partial charge in [-0.3, -0.25) is 0 Å². The molecule has 29 heavy (non-hydrogen) atoms. The van der Waals surface area contributed by atoms with Crippen molar-refractivity contribution < 1.29 is 27.8 Å². The standard InChI is InChI=1S/C21H26F3NO3S/c1-15(2)10-12-25-11-4-9-18(28-20(26)27)19(25)29-13-5-7-16-6-3-8-17(14-16)21(22,23)24/h3-4,6,8-9,14-15H,5,7,10-13H2,1-2H3,(H,26,27). The Morgan fingerprint density at radius 2 is 2.10 bits per heavy atom. The molecule has 0 radical (unpaired) electrons. The van der Waals surface area contributed by atoms with Gasteiger partial charge in [0.1, 0.15) is 5.03 Å². The summed E-state index contributed by atoms with van der Waals surface area (Å²) in [5.41, 5.74) is -0.00333. The smallest absolute Gasteiger partial charge is 0.449 e. The summed E-state index contributed by atoms with van der Waals surface area (Å²) >= 11 is 1.48. The maximum Gasteiger partial charge on any atom is 0.511 e. The number of carboxylic acid groups (broad SMARTS) is 1. The molecule has 0 saturated carbocycles. The highest BCUT2D eigenvalue weighted by Gasteiger charge is 2.30. The number of benzene rings is 1. The van der Waals surface area contributed by atoms with Crippen molar-refractivity contribution in [2.75, 3.05) is 18.8 Å². The van der Waals surface area contributed by atoms with Crippen molar-refractivity contribution in [2.45, 2.75) is 39.3 Å². The van der Waals surface area contributed by atoms with Crippen molar-refractivity contribution in [3.05, 3.63) is 58.3 Å². The number of hydrogen-bond donors (Lipinski definition) is 1. The number of rotatable bonds is 9. The van der Waals surface area contributed by atoms with E-state index < -0.39 is 17.9 Å². The van der Waals surface area contributed by atoms with Crippen LogP contribution in [0, 0.1) is 5.92 Å². The van der Waals surface area contributed by atoms with Crippen molar-refractivity contribution in [3.63, 3.8) is 0 Å². The van der Waals surface area contributed by atoms with Gasteiger partial charge < -0.3 is 14.7 Å². The molecule has 8 heteroatoms. The van der Waals surface area contributed by atoms with Crippen LogP contribution in [0.15, 0.2) is 47.2 Å². The van der Waals surface area contributed by atoms with E-state index in [0.717, 1.165) is 24.1 Å². The van der Waals surface area contributed by atoms with Gasteiger partial charge in [0, 0.05) is 13.1 Å². The molecule has 4 nitrogen and oxygen atoms in total. The Balaban J connectivity index is 1.99. The van der Waals surface area contributed by atoms with Crippen molar-refractivity contribution in [1.82, 2.24) is 4.90 Å². The van der Waals surface area contributed by atoms with E-state index in [1.807, 2.05) is 6.08 Å². The molecular formula is C21H26F3NO3S. The average molecular weight is 430 g/mol. The SMILES string of the molecule is CC(C)CCN1CC=CC(OC(=O)O)=C1SCCCc1cccc(C(F)(F)F)c1. The fraction of sp³-hybridized carbons (Fsp3) is 0.476. The highest BCUT2D eigenvalue weighted by molar-refractivity contribution is 8.03. The number of hydrogen-bond acceptors (Lipinski definition) is 4. The Morgan fingerprint density at radius 1 is 1.34 bits per heavy atom. The number of halogens is 3. The minimum atomic E-state index is -4.34. The third kappa shape index (κ3) is 7.68. The normalized spacial score (nSPS) is 14.6. The van der Waals surface area contributed by atoms with Gasteiger partial charge in [0.05, 0.1) is 5.56 Å². The second kappa shape index (κ2) is 10.6. The zero-order valence-electron chi connectivity index (χ0n) is 16.5. The van der Waals surface area contributed by atoms with E-state index in [1.165, 1.54) is 23.9 Å². The largest absolute Gasteiger partial charge is 0.511 e. The van der Waals surface area contributed by atoms with Crippen LogP contribution >= 0.6 is 11.8 Å². The van der Waals surface area contributed by atoms with Crippen LogP contribution in [-0.4, -0.2) is 35.0 Å². The molecule has 2 rings (SSSR count). The minimum absolute atomic E-state index is 0.302. The second-order valence-electron chi connectivity index (χ2n) is 7.22. The minimum Gasteiger partial charge on any atom is -0.449 e. The summed E-state index contributed by atoms with van der Waals surface area (Å²) in [4.78, 5) is 13.1. The van der Waals surface area contributed by atoms with E-state index in [0.29, 0.717) is 42.4 Å². The molecule has 0 amide bonds. The van der Waals surface area contributed by atoms with Crippen molar-refractivity contribution in [1.29, 1.82) is 0 Å². The van der Waals surface area contributed by atoms with Gasteiger partial charge in [-0.25, -0.2) is 4.79 Å². The predicted octanol–water partition coefficient (Wildman–Crippen LogP) is 6.15. The van der Waals surface area contributed by atoms with Crippen LogP contribution in [0.25, 0.3) is 0 Å². The van der Waals surface area contributed by atoms with Gasteiger partial charge in [-0.2, -0.15) is 13.2 Å². The maximum atomic E-state index is 12.8. The molecule has 0 fully saturated rings. The third-order valence-corrected chi connectivity index (χ3v) is 5.60. The number of nitrogens with zero attached hydrogens (tertiary/aromatic N) is 1. The third-order valence-electron chi connectivity index (χ3n) is 4.37. The summed E-state index contributed by atoms with van der Waals surface area (Å²) in [5, 5.41) is 9.75. The molecule has 0 aliphatic carbocycles. The van der Waals surface area contributed by atoms with E-state index in [1.54, 1.807) is 12.1 Å². The summed E-state index contributed by atoms with van der Waals surface area (Å²) in [6, 6.07) is 5.36. The maximum absolute atomic E-state index is 12.8. The fourth-order valence-corrected chi connectivity index (χ4v) is 3.97. The zero-order chi connectivity index (χ0) is 21.4. The molecule has 0 unspecified atom stereocenters. The number of carbonyl (C=O) groups is 1. The van der Waals surface area contributed by atoms with Gasteiger partial charge in [0.15, 0.2) is 5.76 Å². The molecule has 1 aromatic rings. The lowest BCUT2D eigenvalue weighted by Crippen LogP contribution is -2.28. The lowest BCUT2D eigenvalue weighted by molar-refractivity contribution is -0.137. The topological polar surface area (TPSA) is 49.8 Å². The van der Waals surface area contributed by atoms with Gasteiger partial charge in [-0.1, -0.05) is 38.1 Å². The first-order valence-corrected chi connectivity index (χ1v) is 10.5. The molecule has 1 aliphatic rings. The monoisotopic (exact) mass is 429 g/mol. The van der Waals surface area contributed by atoms with Crippen molar-refractivity contribution in [3.8, 4) is 0 Å². The van der Waals surface area contributed by atoms with Gasteiger partial charge in [0.2, 0.25) is 0 Å². The summed E-state index contributed by atoms with van der Waals surface area (Å²) < 4.78 is 43.4. The van der Waals surface area contributed by atoms with E-state index in [-0.39, 0.29) is 0 Å². The van der Waals surface area contributed by atoms with E-state index in [4.69, 9.17) is 9.84 Å². The highest BCUT2D eigenvalue weighted by atomic mass is 32.2. The van der Waals surface area contributed by atoms with Crippen LogP contribution in [0.1, 0.15) is 37.8 Å². The Bertz CT molecular complexity index is 760. The molecule has 0 saturated heterocycles. The van der Waals surface area contributed by atoms with E-state index in [9.17, 15) is 18.0 Å². The van der Waals surface area contributed by atoms with Gasteiger partial charge in [-0.05, 0) is 48.6 Å². The number of allylic oxidation sites excluding steroid dienone is 1. The van der Waals surface area contributed by atoms with E-state index >= 15 is 0 Å². The fourth-order valence-electron chi connectivity index (χ4n) is 2.89. The first-order chi connectivity index (χ1) is 13.7. The Hall–Kier alpha value is -2.09. The van der Waals surface area contributed by atoms with Crippen molar-refractivity contribution >= 4 is 17.9 Å². The molecule has 1 heterocycles. The summed E-state index contributed by atoms with van der Waals surface area (Å²) in [6.45, 7) is 5.71. The number of aryl methyl sites for hydroxylation is 1. The second-order valence-corrected chi connectivity index (χ2v) is 8.30. The van der Waals surface area contributed by atoms with Crippen molar-refractivity contribution in [2.24, 2.45) is 5.92 Å². The first kappa shape index (κ1) is 23.2. The molecule has 1 aromatic carbocycles. The predicted molar refractivity (Wildman–Crippen MR) is 109 cm³/mol. The molecule has 0 aromatic heterocycles.